The minimum atomic E-state index is -0.258. The largest absolute Gasteiger partial charge is 0.490 e. The van der Waals surface area contributed by atoms with Crippen LogP contribution in [0.15, 0.2) is 121 Å². The average Bonchev–Trinajstić information content (AvgIpc) is 2.86. The first-order valence-corrected chi connectivity index (χ1v) is 11.3. The van der Waals surface area contributed by atoms with Gasteiger partial charge in [0, 0.05) is 18.5 Å². The Kier molecular flexibility index (Phi) is 6.43. The molecular weight excluding hydrogens is 410 g/mol. The van der Waals surface area contributed by atoms with Gasteiger partial charge < -0.3 is 19.1 Å². The minimum Gasteiger partial charge on any atom is -0.490 e. The van der Waals surface area contributed by atoms with Crippen LogP contribution < -0.4 is 19.1 Å². The molecule has 0 N–H and O–H groups in total. The Morgan fingerprint density at radius 3 is 1.24 bits per heavy atom. The summed E-state index contributed by atoms with van der Waals surface area (Å²) in [5, 5.41) is 0. The molecule has 0 amide bonds. The normalized spacial score (nSPS) is 20.1. The molecular formula is C29H27NO3. The summed E-state index contributed by atoms with van der Waals surface area (Å²) in [6.07, 6.45) is 0.826. The van der Waals surface area contributed by atoms with E-state index in [4.69, 9.17) is 14.2 Å². The van der Waals surface area contributed by atoms with Gasteiger partial charge in [-0.1, -0.05) is 72.8 Å². The molecule has 4 heteroatoms. The van der Waals surface area contributed by atoms with E-state index in [1.54, 1.807) is 0 Å². The van der Waals surface area contributed by atoms with Crippen LogP contribution in [0.5, 0.6) is 17.2 Å². The maximum absolute atomic E-state index is 6.52. The van der Waals surface area contributed by atoms with E-state index in [0.29, 0.717) is 12.8 Å². The van der Waals surface area contributed by atoms with Crippen molar-refractivity contribution in [3.05, 3.63) is 121 Å². The fourth-order valence-electron chi connectivity index (χ4n) is 4.20. The summed E-state index contributed by atoms with van der Waals surface area (Å²) < 4.78 is 19.4. The van der Waals surface area contributed by atoms with Crippen LogP contribution >= 0.6 is 0 Å². The van der Waals surface area contributed by atoms with Crippen molar-refractivity contribution in [3.8, 4) is 17.2 Å². The van der Waals surface area contributed by atoms with Gasteiger partial charge in [0.2, 0.25) is 0 Å². The van der Waals surface area contributed by atoms with E-state index in [0.717, 1.165) is 22.9 Å². The second kappa shape index (κ2) is 10.1. The van der Waals surface area contributed by atoms with Gasteiger partial charge in [-0.05, 0) is 48.5 Å². The SMILES string of the molecule is c1ccc(OC2CC(Oc3ccccc3)N(c3ccccc3)C(Oc3ccccc3)C2)cc1. The molecule has 1 fully saturated rings. The molecule has 2 atom stereocenters. The van der Waals surface area contributed by atoms with Gasteiger partial charge in [-0.2, -0.15) is 0 Å². The highest BCUT2D eigenvalue weighted by atomic mass is 16.5. The molecule has 33 heavy (non-hydrogen) atoms. The van der Waals surface area contributed by atoms with Crippen molar-refractivity contribution >= 4 is 5.69 Å². The summed E-state index contributed by atoms with van der Waals surface area (Å²) in [6.45, 7) is 0. The van der Waals surface area contributed by atoms with Gasteiger partial charge in [0.05, 0.1) is 0 Å². The third-order valence-corrected chi connectivity index (χ3v) is 5.68. The van der Waals surface area contributed by atoms with Gasteiger partial charge >= 0.3 is 0 Å². The summed E-state index contributed by atoms with van der Waals surface area (Å²) in [6, 6.07) is 40.1. The van der Waals surface area contributed by atoms with E-state index in [1.807, 2.05) is 109 Å². The van der Waals surface area contributed by atoms with Gasteiger partial charge in [-0.15, -0.1) is 0 Å². The van der Waals surface area contributed by atoms with Crippen LogP contribution in [0.2, 0.25) is 0 Å². The zero-order valence-electron chi connectivity index (χ0n) is 18.4. The van der Waals surface area contributed by atoms with Gasteiger partial charge in [0.1, 0.15) is 23.4 Å². The number of rotatable bonds is 7. The molecule has 4 nitrogen and oxygen atoms in total. The van der Waals surface area contributed by atoms with Crippen molar-refractivity contribution in [3.63, 3.8) is 0 Å². The van der Waals surface area contributed by atoms with Gasteiger partial charge in [-0.3, -0.25) is 0 Å². The molecule has 1 aliphatic heterocycles. The molecule has 0 bridgehead atoms. The van der Waals surface area contributed by atoms with Crippen molar-refractivity contribution in [2.45, 2.75) is 31.4 Å². The van der Waals surface area contributed by atoms with E-state index in [9.17, 15) is 0 Å². The van der Waals surface area contributed by atoms with Crippen LogP contribution in [0.25, 0.3) is 0 Å². The quantitative estimate of drug-likeness (QED) is 0.328. The molecule has 1 aliphatic rings. The summed E-state index contributed by atoms with van der Waals surface area (Å²) in [5.74, 6) is 2.50. The van der Waals surface area contributed by atoms with Gasteiger partial charge in [0.15, 0.2) is 12.5 Å². The lowest BCUT2D eigenvalue weighted by molar-refractivity contribution is 0.00752. The predicted molar refractivity (Wildman–Crippen MR) is 131 cm³/mol. The van der Waals surface area contributed by atoms with Crippen molar-refractivity contribution < 1.29 is 14.2 Å². The zero-order chi connectivity index (χ0) is 22.3. The van der Waals surface area contributed by atoms with Crippen molar-refractivity contribution in [2.75, 3.05) is 4.90 Å². The standard InChI is InChI=1S/C29H27NO3/c1-5-13-23(14-6-1)30-28(32-25-17-9-3-10-18-25)21-27(31-24-15-7-2-8-16-24)22-29(30)33-26-19-11-4-12-20-26/h1-20,27-29H,21-22H2. The Balaban J connectivity index is 1.48. The lowest BCUT2D eigenvalue weighted by Gasteiger charge is -2.45. The number of benzene rings is 4. The fraction of sp³-hybridized carbons (Fsp3) is 0.172. The highest BCUT2D eigenvalue weighted by molar-refractivity contribution is 5.48. The molecule has 5 rings (SSSR count). The van der Waals surface area contributed by atoms with Crippen LogP contribution in [-0.4, -0.2) is 18.6 Å². The number of para-hydroxylation sites is 4. The molecule has 2 unspecified atom stereocenters. The van der Waals surface area contributed by atoms with Crippen LogP contribution in [0.1, 0.15) is 12.8 Å². The van der Waals surface area contributed by atoms with Crippen molar-refractivity contribution in [1.82, 2.24) is 0 Å². The summed E-state index contributed by atoms with van der Waals surface area (Å²) in [5.41, 5.74) is 1.05. The predicted octanol–water partition coefficient (Wildman–Crippen LogP) is 6.54. The molecule has 1 heterocycles. The molecule has 1 saturated heterocycles. The fourth-order valence-corrected chi connectivity index (χ4v) is 4.20. The second-order valence-electron chi connectivity index (χ2n) is 8.04. The average molecular weight is 438 g/mol. The zero-order valence-corrected chi connectivity index (χ0v) is 18.4. The Morgan fingerprint density at radius 2 is 0.818 bits per heavy atom. The number of hydrogen-bond acceptors (Lipinski definition) is 4. The molecule has 4 aromatic carbocycles. The minimum absolute atomic E-state index is 0.0604. The maximum Gasteiger partial charge on any atom is 0.178 e. The second-order valence-corrected chi connectivity index (χ2v) is 8.04. The highest BCUT2D eigenvalue weighted by Gasteiger charge is 2.39. The summed E-state index contributed by atoms with van der Waals surface area (Å²) in [7, 11) is 0. The van der Waals surface area contributed by atoms with Gasteiger partial charge in [0.25, 0.3) is 0 Å². The molecule has 4 aromatic rings. The van der Waals surface area contributed by atoms with E-state index < -0.39 is 0 Å². The third-order valence-electron chi connectivity index (χ3n) is 5.68. The Hall–Kier alpha value is -3.92. The van der Waals surface area contributed by atoms with E-state index >= 15 is 0 Å². The number of piperidine rings is 1. The number of ether oxygens (including phenoxy) is 3. The number of hydrogen-bond donors (Lipinski definition) is 0. The van der Waals surface area contributed by atoms with Gasteiger partial charge in [-0.25, -0.2) is 0 Å². The molecule has 0 aromatic heterocycles. The first kappa shape index (κ1) is 21.0. The van der Waals surface area contributed by atoms with Crippen LogP contribution in [-0.2, 0) is 0 Å². The van der Waals surface area contributed by atoms with Crippen LogP contribution in [0.3, 0.4) is 0 Å². The third kappa shape index (κ3) is 5.29. The monoisotopic (exact) mass is 437 g/mol. The molecule has 0 radical (unpaired) electrons. The Morgan fingerprint density at radius 1 is 0.455 bits per heavy atom. The first-order chi connectivity index (χ1) is 16.3. The maximum atomic E-state index is 6.52. The first-order valence-electron chi connectivity index (χ1n) is 11.3. The topological polar surface area (TPSA) is 30.9 Å². The Bertz CT molecular complexity index is 1060. The van der Waals surface area contributed by atoms with Crippen molar-refractivity contribution in [1.29, 1.82) is 0 Å². The molecule has 0 aliphatic carbocycles. The summed E-state index contributed by atoms with van der Waals surface area (Å²) >= 11 is 0. The van der Waals surface area contributed by atoms with Crippen LogP contribution in [0.4, 0.5) is 5.69 Å². The Labute approximate surface area is 195 Å². The lowest BCUT2D eigenvalue weighted by atomic mass is 10.0. The molecule has 0 saturated carbocycles. The van der Waals surface area contributed by atoms with Crippen LogP contribution in [0, 0.1) is 0 Å². The number of anilines is 1. The van der Waals surface area contributed by atoms with E-state index in [-0.39, 0.29) is 18.6 Å². The lowest BCUT2D eigenvalue weighted by Crippen LogP contribution is -2.56. The van der Waals surface area contributed by atoms with E-state index in [2.05, 4.69) is 17.0 Å². The summed E-state index contributed by atoms with van der Waals surface area (Å²) in [4.78, 5) is 2.23. The molecule has 166 valence electrons. The molecule has 0 spiro atoms. The number of nitrogens with zero attached hydrogens (tertiary/aromatic N) is 1. The van der Waals surface area contributed by atoms with E-state index in [1.165, 1.54) is 0 Å². The van der Waals surface area contributed by atoms with Crippen molar-refractivity contribution in [2.24, 2.45) is 0 Å². The smallest absolute Gasteiger partial charge is 0.178 e. The highest BCUT2D eigenvalue weighted by Crippen LogP contribution is 2.34.